The van der Waals surface area contributed by atoms with Gasteiger partial charge in [-0.25, -0.2) is 0 Å². The van der Waals surface area contributed by atoms with Crippen LogP contribution in [0, 0.1) is 13.8 Å². The fraction of sp³-hybridized carbons (Fsp3) is 0.235. The Morgan fingerprint density at radius 1 is 1.24 bits per heavy atom. The van der Waals surface area contributed by atoms with Gasteiger partial charge in [-0.05, 0) is 37.7 Å². The molecule has 2 aromatic heterocycles. The Morgan fingerprint density at radius 2 is 2.00 bits per heavy atom. The molecule has 3 aromatic rings. The molecule has 25 heavy (non-hydrogen) atoms. The van der Waals surface area contributed by atoms with E-state index in [2.05, 4.69) is 20.8 Å². The number of halogens is 1. The predicted octanol–water partition coefficient (Wildman–Crippen LogP) is 3.74. The van der Waals surface area contributed by atoms with E-state index in [4.69, 9.17) is 23.8 Å². The number of hydrogen-bond acceptors (Lipinski definition) is 3. The summed E-state index contributed by atoms with van der Waals surface area (Å²) in [6.45, 7) is 4.54. The van der Waals surface area contributed by atoms with E-state index in [-0.39, 0.29) is 0 Å². The molecule has 6 nitrogen and oxygen atoms in total. The van der Waals surface area contributed by atoms with Gasteiger partial charge in [0.1, 0.15) is 0 Å². The molecule has 0 bridgehead atoms. The highest BCUT2D eigenvalue weighted by atomic mass is 35.5. The second kappa shape index (κ2) is 7.25. The molecule has 0 aliphatic heterocycles. The van der Waals surface area contributed by atoms with Crippen molar-refractivity contribution in [3.8, 4) is 0 Å². The lowest BCUT2D eigenvalue weighted by molar-refractivity contribution is 0.687. The van der Waals surface area contributed by atoms with E-state index in [1.54, 1.807) is 6.20 Å². The lowest BCUT2D eigenvalue weighted by atomic mass is 10.2. The Hall–Kier alpha value is -2.38. The number of aromatic nitrogens is 4. The molecular weight excluding hydrogens is 356 g/mol. The average Bonchev–Trinajstić information content (AvgIpc) is 3.09. The zero-order chi connectivity index (χ0) is 18.0. The number of thiocarbonyl (C=S) groups is 1. The monoisotopic (exact) mass is 374 g/mol. The summed E-state index contributed by atoms with van der Waals surface area (Å²) < 4.78 is 3.63. The topological polar surface area (TPSA) is 59.7 Å². The summed E-state index contributed by atoms with van der Waals surface area (Å²) in [6, 6.07) is 7.73. The van der Waals surface area contributed by atoms with Crippen molar-refractivity contribution in [2.45, 2.75) is 20.4 Å². The van der Waals surface area contributed by atoms with Gasteiger partial charge in [-0.1, -0.05) is 29.8 Å². The molecule has 8 heteroatoms. The van der Waals surface area contributed by atoms with Crippen LogP contribution in [0.25, 0.3) is 0 Å². The molecule has 0 saturated heterocycles. The van der Waals surface area contributed by atoms with E-state index in [1.165, 1.54) is 0 Å². The minimum Gasteiger partial charge on any atom is -0.330 e. The molecule has 2 heterocycles. The molecule has 0 radical (unpaired) electrons. The van der Waals surface area contributed by atoms with Crippen LogP contribution in [0.1, 0.15) is 17.0 Å². The molecule has 2 N–H and O–H groups in total. The number of nitrogens with zero attached hydrogens (tertiary/aromatic N) is 4. The first-order valence-electron chi connectivity index (χ1n) is 7.78. The number of nitrogens with one attached hydrogen (secondary N) is 2. The van der Waals surface area contributed by atoms with Crippen LogP contribution >= 0.6 is 23.8 Å². The van der Waals surface area contributed by atoms with Crippen molar-refractivity contribution in [2.75, 3.05) is 10.6 Å². The SMILES string of the molecule is Cc1nn(C)c(C)c1NC(=S)Nc1cnn(Cc2ccccc2Cl)c1. The van der Waals surface area contributed by atoms with Crippen LogP contribution in [0.2, 0.25) is 5.02 Å². The zero-order valence-corrected chi connectivity index (χ0v) is 15.8. The Kier molecular flexibility index (Phi) is 5.06. The van der Waals surface area contributed by atoms with Crippen molar-refractivity contribution in [3.63, 3.8) is 0 Å². The van der Waals surface area contributed by atoms with Gasteiger partial charge in [-0.15, -0.1) is 0 Å². The van der Waals surface area contributed by atoms with Gasteiger partial charge in [-0.3, -0.25) is 9.36 Å². The Morgan fingerprint density at radius 3 is 2.68 bits per heavy atom. The van der Waals surface area contributed by atoms with E-state index in [9.17, 15) is 0 Å². The van der Waals surface area contributed by atoms with Crippen molar-refractivity contribution in [1.29, 1.82) is 0 Å². The normalized spacial score (nSPS) is 10.7. The molecular formula is C17H19ClN6S. The summed E-state index contributed by atoms with van der Waals surface area (Å²) in [5.74, 6) is 0. The second-order valence-corrected chi connectivity index (χ2v) is 6.58. The first-order valence-corrected chi connectivity index (χ1v) is 8.56. The van der Waals surface area contributed by atoms with Crippen molar-refractivity contribution in [3.05, 3.63) is 58.6 Å². The van der Waals surface area contributed by atoms with Crippen LogP contribution < -0.4 is 10.6 Å². The summed E-state index contributed by atoms with van der Waals surface area (Å²) in [5, 5.41) is 16.3. The van der Waals surface area contributed by atoms with Gasteiger partial charge in [0.05, 0.1) is 35.5 Å². The molecule has 130 valence electrons. The van der Waals surface area contributed by atoms with E-state index in [0.29, 0.717) is 11.7 Å². The first-order chi connectivity index (χ1) is 11.9. The van der Waals surface area contributed by atoms with Gasteiger partial charge in [0, 0.05) is 18.3 Å². The number of aryl methyl sites for hydroxylation is 2. The summed E-state index contributed by atoms with van der Waals surface area (Å²) in [7, 11) is 1.91. The second-order valence-electron chi connectivity index (χ2n) is 5.77. The summed E-state index contributed by atoms with van der Waals surface area (Å²) in [5.41, 5.74) is 4.67. The molecule has 3 rings (SSSR count). The molecule has 0 spiro atoms. The van der Waals surface area contributed by atoms with Crippen LogP contribution in [0.15, 0.2) is 36.7 Å². The van der Waals surface area contributed by atoms with Crippen molar-refractivity contribution >= 4 is 40.3 Å². The van der Waals surface area contributed by atoms with Gasteiger partial charge in [0.2, 0.25) is 0 Å². The lowest BCUT2D eigenvalue weighted by Gasteiger charge is -2.09. The summed E-state index contributed by atoms with van der Waals surface area (Å²) in [6.07, 6.45) is 3.62. The zero-order valence-electron chi connectivity index (χ0n) is 14.2. The van der Waals surface area contributed by atoms with Gasteiger partial charge < -0.3 is 10.6 Å². The number of benzene rings is 1. The van der Waals surface area contributed by atoms with E-state index >= 15 is 0 Å². The van der Waals surface area contributed by atoms with Crippen molar-refractivity contribution in [2.24, 2.45) is 7.05 Å². The molecule has 0 fully saturated rings. The quantitative estimate of drug-likeness (QED) is 0.681. The third kappa shape index (κ3) is 4.00. The summed E-state index contributed by atoms with van der Waals surface area (Å²) in [4.78, 5) is 0. The highest BCUT2D eigenvalue weighted by Crippen LogP contribution is 2.19. The fourth-order valence-corrected chi connectivity index (χ4v) is 2.96. The molecule has 0 aliphatic carbocycles. The van der Waals surface area contributed by atoms with Gasteiger partial charge in [0.25, 0.3) is 0 Å². The average molecular weight is 375 g/mol. The van der Waals surface area contributed by atoms with Crippen molar-refractivity contribution < 1.29 is 0 Å². The minimum absolute atomic E-state index is 0.497. The van der Waals surface area contributed by atoms with Crippen molar-refractivity contribution in [1.82, 2.24) is 19.6 Å². The number of rotatable bonds is 4. The van der Waals surface area contributed by atoms with E-state index in [0.717, 1.165) is 33.3 Å². The third-order valence-electron chi connectivity index (χ3n) is 3.93. The minimum atomic E-state index is 0.497. The molecule has 0 aliphatic rings. The smallest absolute Gasteiger partial charge is 0.175 e. The Balaban J connectivity index is 1.65. The fourth-order valence-electron chi connectivity index (χ4n) is 2.55. The highest BCUT2D eigenvalue weighted by Gasteiger charge is 2.11. The van der Waals surface area contributed by atoms with Gasteiger partial charge >= 0.3 is 0 Å². The van der Waals surface area contributed by atoms with E-state index in [1.807, 2.05) is 60.7 Å². The van der Waals surface area contributed by atoms with Gasteiger partial charge in [-0.2, -0.15) is 10.2 Å². The lowest BCUT2D eigenvalue weighted by Crippen LogP contribution is -2.19. The van der Waals surface area contributed by atoms with E-state index < -0.39 is 0 Å². The third-order valence-corrected chi connectivity index (χ3v) is 4.50. The predicted molar refractivity (Wildman–Crippen MR) is 105 cm³/mol. The molecule has 0 atom stereocenters. The number of hydrogen-bond donors (Lipinski definition) is 2. The highest BCUT2D eigenvalue weighted by molar-refractivity contribution is 7.80. The number of anilines is 2. The molecule has 0 amide bonds. The molecule has 1 aromatic carbocycles. The van der Waals surface area contributed by atoms with Crippen LogP contribution in [-0.4, -0.2) is 24.7 Å². The molecule has 0 saturated carbocycles. The van der Waals surface area contributed by atoms with Crippen LogP contribution in [-0.2, 0) is 13.6 Å². The maximum absolute atomic E-state index is 6.19. The Labute approximate surface area is 156 Å². The molecule has 0 unspecified atom stereocenters. The van der Waals surface area contributed by atoms with Crippen LogP contribution in [0.4, 0.5) is 11.4 Å². The largest absolute Gasteiger partial charge is 0.330 e. The maximum atomic E-state index is 6.19. The maximum Gasteiger partial charge on any atom is 0.175 e. The first kappa shape index (κ1) is 17.4. The Bertz CT molecular complexity index is 914. The van der Waals surface area contributed by atoms with Gasteiger partial charge in [0.15, 0.2) is 5.11 Å². The van der Waals surface area contributed by atoms with Crippen LogP contribution in [0.5, 0.6) is 0 Å². The van der Waals surface area contributed by atoms with Crippen LogP contribution in [0.3, 0.4) is 0 Å². The summed E-state index contributed by atoms with van der Waals surface area (Å²) >= 11 is 11.6. The standard InChI is InChI=1S/C17H19ClN6S/c1-11-16(12(2)23(3)22-11)21-17(25)20-14-8-19-24(10-14)9-13-6-4-5-7-15(13)18/h4-8,10H,9H2,1-3H3,(H2,20,21,25).